The molecule has 10 heteroatoms. The summed E-state index contributed by atoms with van der Waals surface area (Å²) in [5.74, 6) is 0.890. The quantitative estimate of drug-likeness (QED) is 0.642. The zero-order valence-electron chi connectivity index (χ0n) is 15.3. The molecule has 2 heterocycles. The lowest BCUT2D eigenvalue weighted by Gasteiger charge is -2.20. The van der Waals surface area contributed by atoms with Crippen molar-refractivity contribution >= 4 is 21.1 Å². The van der Waals surface area contributed by atoms with Crippen molar-refractivity contribution in [2.45, 2.75) is 52.0 Å². The van der Waals surface area contributed by atoms with Gasteiger partial charge in [-0.3, -0.25) is 0 Å². The smallest absolute Gasteiger partial charge is 0.246 e. The lowest BCUT2D eigenvalue weighted by Crippen LogP contribution is -2.31. The Hall–Kier alpha value is -2.33. The van der Waals surface area contributed by atoms with E-state index >= 15 is 0 Å². The Labute approximate surface area is 151 Å². The van der Waals surface area contributed by atoms with E-state index in [9.17, 15) is 8.42 Å². The van der Waals surface area contributed by atoms with E-state index in [4.69, 9.17) is 9.15 Å². The highest BCUT2D eigenvalue weighted by molar-refractivity contribution is 7.89. The molecule has 3 rings (SSSR count). The molecule has 0 unspecified atom stereocenters. The highest BCUT2D eigenvalue weighted by atomic mass is 32.2. The minimum absolute atomic E-state index is 0.0152. The average Bonchev–Trinajstić information content (AvgIpc) is 3.21. The maximum Gasteiger partial charge on any atom is 0.246 e. The van der Waals surface area contributed by atoms with Crippen LogP contribution < -0.4 is 0 Å². The van der Waals surface area contributed by atoms with Crippen LogP contribution >= 0.6 is 0 Å². The molecule has 0 spiro atoms. The number of aromatic nitrogens is 4. The monoisotopic (exact) mass is 379 g/mol. The number of aryl methyl sites for hydroxylation is 2. The van der Waals surface area contributed by atoms with Gasteiger partial charge < -0.3 is 4.52 Å². The number of hydrogen-bond acceptors (Lipinski definition) is 8. The molecule has 0 fully saturated rings. The van der Waals surface area contributed by atoms with Crippen molar-refractivity contribution in [2.75, 3.05) is 6.54 Å². The molecule has 0 radical (unpaired) electrons. The summed E-state index contributed by atoms with van der Waals surface area (Å²) < 4.78 is 37.8. The van der Waals surface area contributed by atoms with E-state index in [1.807, 2.05) is 20.8 Å². The SMILES string of the molecule is CCN(Cc1nc(C(C)C)no1)S(=O)(=O)c1c(C)cc(C)c2nonc12. The Morgan fingerprint density at radius 3 is 2.42 bits per heavy atom. The van der Waals surface area contributed by atoms with Crippen LogP contribution in [-0.4, -0.2) is 39.7 Å². The summed E-state index contributed by atoms with van der Waals surface area (Å²) in [5.41, 5.74) is 2.05. The number of fused-ring (bicyclic) bond motifs is 1. The molecule has 0 aliphatic carbocycles. The van der Waals surface area contributed by atoms with Gasteiger partial charge in [0.2, 0.25) is 15.9 Å². The number of benzene rings is 1. The first-order valence-electron chi connectivity index (χ1n) is 8.30. The van der Waals surface area contributed by atoms with Crippen LogP contribution in [0.15, 0.2) is 20.1 Å². The first-order valence-corrected chi connectivity index (χ1v) is 9.74. The fraction of sp³-hybridized carbons (Fsp3) is 0.500. The van der Waals surface area contributed by atoms with Crippen molar-refractivity contribution in [3.05, 3.63) is 28.9 Å². The number of hydrogen-bond donors (Lipinski definition) is 0. The second-order valence-corrected chi connectivity index (χ2v) is 8.31. The van der Waals surface area contributed by atoms with Crippen LogP contribution in [0.1, 0.15) is 49.5 Å². The highest BCUT2D eigenvalue weighted by Gasteiger charge is 2.31. The maximum absolute atomic E-state index is 13.3. The number of rotatable bonds is 6. The van der Waals surface area contributed by atoms with E-state index in [0.717, 1.165) is 5.56 Å². The van der Waals surface area contributed by atoms with Crippen LogP contribution in [0, 0.1) is 13.8 Å². The van der Waals surface area contributed by atoms with E-state index in [2.05, 4.69) is 20.5 Å². The van der Waals surface area contributed by atoms with Crippen molar-refractivity contribution in [1.29, 1.82) is 0 Å². The van der Waals surface area contributed by atoms with Crippen molar-refractivity contribution in [1.82, 2.24) is 24.8 Å². The first-order chi connectivity index (χ1) is 12.3. The second-order valence-electron chi connectivity index (χ2n) is 6.43. The summed E-state index contributed by atoms with van der Waals surface area (Å²) in [6, 6.07) is 1.76. The molecule has 26 heavy (non-hydrogen) atoms. The molecular formula is C16H21N5O4S. The normalized spacial score (nSPS) is 12.6. The van der Waals surface area contributed by atoms with Gasteiger partial charge in [0.05, 0.1) is 6.54 Å². The molecule has 0 atom stereocenters. The molecular weight excluding hydrogens is 358 g/mol. The van der Waals surface area contributed by atoms with Crippen LogP contribution in [0.25, 0.3) is 11.0 Å². The Balaban J connectivity index is 2.04. The van der Waals surface area contributed by atoms with Crippen LogP contribution in [0.3, 0.4) is 0 Å². The molecule has 1 aromatic carbocycles. The third kappa shape index (κ3) is 3.10. The predicted octanol–water partition coefficient (Wildman–Crippen LogP) is 2.56. The van der Waals surface area contributed by atoms with Crippen LogP contribution in [0.2, 0.25) is 0 Å². The molecule has 0 amide bonds. The van der Waals surface area contributed by atoms with Gasteiger partial charge in [-0.25, -0.2) is 13.0 Å². The highest BCUT2D eigenvalue weighted by Crippen LogP contribution is 2.30. The van der Waals surface area contributed by atoms with Gasteiger partial charge in [0.25, 0.3) is 0 Å². The summed E-state index contributed by atoms with van der Waals surface area (Å²) in [5, 5.41) is 11.5. The third-order valence-corrected chi connectivity index (χ3v) is 6.23. The summed E-state index contributed by atoms with van der Waals surface area (Å²) in [6.07, 6.45) is 0. The van der Waals surface area contributed by atoms with E-state index in [1.165, 1.54) is 4.31 Å². The van der Waals surface area contributed by atoms with Crippen molar-refractivity contribution in [2.24, 2.45) is 0 Å². The van der Waals surface area contributed by atoms with Gasteiger partial charge >= 0.3 is 0 Å². The van der Waals surface area contributed by atoms with Crippen molar-refractivity contribution in [3.63, 3.8) is 0 Å². The minimum atomic E-state index is -3.86. The Morgan fingerprint density at radius 2 is 1.81 bits per heavy atom. The maximum atomic E-state index is 13.3. The Morgan fingerprint density at radius 1 is 1.12 bits per heavy atom. The molecule has 0 bridgehead atoms. The average molecular weight is 379 g/mol. The van der Waals surface area contributed by atoms with Crippen molar-refractivity contribution < 1.29 is 17.6 Å². The van der Waals surface area contributed by atoms with Crippen LogP contribution in [-0.2, 0) is 16.6 Å². The molecule has 9 nitrogen and oxygen atoms in total. The zero-order chi connectivity index (χ0) is 19.1. The molecule has 0 saturated heterocycles. The molecule has 0 N–H and O–H groups in total. The van der Waals surface area contributed by atoms with Gasteiger partial charge in [0, 0.05) is 12.5 Å². The topological polar surface area (TPSA) is 115 Å². The zero-order valence-corrected chi connectivity index (χ0v) is 16.2. The van der Waals surface area contributed by atoms with E-state index in [-0.39, 0.29) is 35.3 Å². The molecule has 3 aromatic rings. The van der Waals surface area contributed by atoms with Crippen molar-refractivity contribution in [3.8, 4) is 0 Å². The summed E-state index contributed by atoms with van der Waals surface area (Å²) >= 11 is 0. The number of sulfonamides is 1. The predicted molar refractivity (Wildman–Crippen MR) is 92.9 cm³/mol. The van der Waals surface area contributed by atoms with E-state index in [0.29, 0.717) is 16.9 Å². The van der Waals surface area contributed by atoms with Gasteiger partial charge in [-0.1, -0.05) is 32.0 Å². The van der Waals surface area contributed by atoms with Crippen LogP contribution in [0.5, 0.6) is 0 Å². The fourth-order valence-corrected chi connectivity index (χ4v) is 4.50. The lowest BCUT2D eigenvalue weighted by atomic mass is 10.1. The molecule has 0 saturated carbocycles. The van der Waals surface area contributed by atoms with E-state index in [1.54, 1.807) is 19.9 Å². The summed E-state index contributed by atoms with van der Waals surface area (Å²) in [6.45, 7) is 9.41. The standard InChI is InChI=1S/C16H21N5O4S/c1-6-21(8-12-17-16(9(2)3)20-24-12)26(22,23)15-11(5)7-10(4)13-14(15)19-25-18-13/h7,9H,6,8H2,1-5H3. The lowest BCUT2D eigenvalue weighted by molar-refractivity contribution is 0.313. The molecule has 2 aromatic heterocycles. The first kappa shape index (κ1) is 18.5. The van der Waals surface area contributed by atoms with Gasteiger partial charge in [0.15, 0.2) is 11.3 Å². The minimum Gasteiger partial charge on any atom is -0.338 e. The number of nitrogens with zero attached hydrogens (tertiary/aromatic N) is 5. The van der Waals surface area contributed by atoms with Gasteiger partial charge in [-0.2, -0.15) is 9.29 Å². The summed E-state index contributed by atoms with van der Waals surface area (Å²) in [7, 11) is -3.86. The Bertz CT molecular complexity index is 1040. The van der Waals surface area contributed by atoms with Gasteiger partial charge in [-0.05, 0) is 35.3 Å². The fourth-order valence-electron chi connectivity index (χ4n) is 2.78. The largest absolute Gasteiger partial charge is 0.338 e. The van der Waals surface area contributed by atoms with Gasteiger partial charge in [0.1, 0.15) is 10.4 Å². The van der Waals surface area contributed by atoms with Crippen LogP contribution in [0.4, 0.5) is 0 Å². The molecule has 0 aliphatic rings. The third-order valence-electron chi connectivity index (χ3n) is 4.13. The second kappa shape index (κ2) is 6.76. The van der Waals surface area contributed by atoms with E-state index < -0.39 is 10.0 Å². The molecule has 0 aliphatic heterocycles. The summed E-state index contributed by atoms with van der Waals surface area (Å²) in [4.78, 5) is 4.35. The Kier molecular flexibility index (Phi) is 4.80. The molecule has 140 valence electrons. The van der Waals surface area contributed by atoms with Gasteiger partial charge in [-0.15, -0.1) is 0 Å².